The van der Waals surface area contributed by atoms with Crippen molar-refractivity contribution in [3.8, 4) is 0 Å². The summed E-state index contributed by atoms with van der Waals surface area (Å²) in [4.78, 5) is 11.4. The fourth-order valence-corrected chi connectivity index (χ4v) is 5.83. The summed E-state index contributed by atoms with van der Waals surface area (Å²) in [6.45, 7) is 0. The smallest absolute Gasteiger partial charge is 0.225 e. The van der Waals surface area contributed by atoms with E-state index in [1.165, 1.54) is 32.1 Å². The Kier molecular flexibility index (Phi) is 1.57. The van der Waals surface area contributed by atoms with E-state index in [1.807, 2.05) is 0 Å². The Hall–Kier alpha value is -0.0400. The number of rotatable bonds is 1. The summed E-state index contributed by atoms with van der Waals surface area (Å²) < 4.78 is 0. The van der Waals surface area contributed by atoms with Gasteiger partial charge in [-0.3, -0.25) is 4.79 Å². The van der Waals surface area contributed by atoms with Crippen LogP contribution in [0.1, 0.15) is 38.5 Å². The van der Waals surface area contributed by atoms with Crippen molar-refractivity contribution in [2.45, 2.75) is 38.5 Å². The molecule has 0 saturated heterocycles. The van der Waals surface area contributed by atoms with Gasteiger partial charge in [0.2, 0.25) is 5.24 Å². The molecule has 5 aliphatic carbocycles. The number of carbonyl (C=O) groups is 1. The van der Waals surface area contributed by atoms with Crippen molar-refractivity contribution in [3.05, 3.63) is 0 Å². The maximum Gasteiger partial charge on any atom is 0.225 e. The minimum atomic E-state index is -0.0394. The summed E-state index contributed by atoms with van der Waals surface area (Å²) in [5, 5.41) is -0.0394. The fraction of sp³-hybridized carbons (Fsp3) is 0.923. The average molecular weight is 225 g/mol. The van der Waals surface area contributed by atoms with Gasteiger partial charge >= 0.3 is 0 Å². The largest absolute Gasteiger partial charge is 0.281 e. The van der Waals surface area contributed by atoms with Gasteiger partial charge in [-0.1, -0.05) is 0 Å². The molecule has 82 valence electrons. The Balaban J connectivity index is 1.70. The predicted molar refractivity (Wildman–Crippen MR) is 58.4 cm³/mol. The van der Waals surface area contributed by atoms with Crippen LogP contribution in [-0.4, -0.2) is 5.24 Å². The molecule has 0 aliphatic heterocycles. The molecule has 15 heavy (non-hydrogen) atoms. The molecule has 5 fully saturated rings. The fourth-order valence-electron chi connectivity index (χ4n) is 5.55. The molecular formula is C13H17ClO. The van der Waals surface area contributed by atoms with Crippen molar-refractivity contribution in [2.24, 2.45) is 35.0 Å². The second-order valence-electron chi connectivity index (χ2n) is 6.48. The number of halogens is 1. The third kappa shape index (κ3) is 0.988. The van der Waals surface area contributed by atoms with Crippen molar-refractivity contribution in [2.75, 3.05) is 0 Å². The van der Waals surface area contributed by atoms with Gasteiger partial charge < -0.3 is 0 Å². The number of hydrogen-bond donors (Lipinski definition) is 0. The van der Waals surface area contributed by atoms with Gasteiger partial charge in [0, 0.05) is 5.92 Å². The Labute approximate surface area is 95.6 Å². The molecule has 1 spiro atoms. The molecule has 0 radical (unpaired) electrons. The maximum absolute atomic E-state index is 11.4. The molecule has 5 aliphatic rings. The van der Waals surface area contributed by atoms with Crippen molar-refractivity contribution in [1.29, 1.82) is 0 Å². The van der Waals surface area contributed by atoms with Crippen LogP contribution in [-0.2, 0) is 4.79 Å². The molecule has 0 aromatic rings. The van der Waals surface area contributed by atoms with Gasteiger partial charge in [-0.25, -0.2) is 0 Å². The maximum atomic E-state index is 11.4. The van der Waals surface area contributed by atoms with Gasteiger partial charge in [0.05, 0.1) is 0 Å². The number of hydrogen-bond acceptors (Lipinski definition) is 1. The van der Waals surface area contributed by atoms with Crippen LogP contribution >= 0.6 is 11.6 Å². The van der Waals surface area contributed by atoms with Crippen LogP contribution in [0.5, 0.6) is 0 Å². The van der Waals surface area contributed by atoms with Crippen LogP contribution in [0.2, 0.25) is 0 Å². The zero-order valence-corrected chi connectivity index (χ0v) is 9.67. The molecular weight excluding hydrogens is 208 g/mol. The van der Waals surface area contributed by atoms with E-state index in [4.69, 9.17) is 11.6 Å². The van der Waals surface area contributed by atoms with Crippen LogP contribution in [0.3, 0.4) is 0 Å². The summed E-state index contributed by atoms with van der Waals surface area (Å²) in [6.07, 6.45) is 8.26. The zero-order valence-electron chi connectivity index (χ0n) is 8.92. The van der Waals surface area contributed by atoms with Crippen LogP contribution < -0.4 is 0 Å². The van der Waals surface area contributed by atoms with Crippen molar-refractivity contribution >= 4 is 16.8 Å². The van der Waals surface area contributed by atoms with E-state index in [0.29, 0.717) is 5.41 Å². The summed E-state index contributed by atoms with van der Waals surface area (Å²) in [7, 11) is 0. The lowest BCUT2D eigenvalue weighted by Gasteiger charge is -2.55. The zero-order chi connectivity index (χ0) is 10.2. The summed E-state index contributed by atoms with van der Waals surface area (Å²) in [5.41, 5.74) is 0.409. The van der Waals surface area contributed by atoms with E-state index < -0.39 is 0 Å². The third-order valence-corrected chi connectivity index (χ3v) is 6.24. The average Bonchev–Trinajstić information content (AvgIpc) is 2.89. The highest BCUT2D eigenvalue weighted by Gasteiger charge is 2.70. The molecule has 0 heterocycles. The van der Waals surface area contributed by atoms with Crippen molar-refractivity contribution < 1.29 is 4.79 Å². The van der Waals surface area contributed by atoms with E-state index >= 15 is 0 Å². The normalized spacial score (nSPS) is 59.9. The molecule has 0 aromatic heterocycles. The molecule has 4 bridgehead atoms. The highest BCUT2D eigenvalue weighted by molar-refractivity contribution is 6.64. The molecule has 0 amide bonds. The first-order valence-corrected chi connectivity index (χ1v) is 6.77. The first-order chi connectivity index (χ1) is 7.20. The minimum absolute atomic E-state index is 0.0394. The molecule has 2 heteroatoms. The predicted octanol–water partition coefficient (Wildman–Crippen LogP) is 3.21. The monoisotopic (exact) mass is 224 g/mol. The first-order valence-electron chi connectivity index (χ1n) is 6.39. The van der Waals surface area contributed by atoms with Gasteiger partial charge in [0.1, 0.15) is 0 Å². The van der Waals surface area contributed by atoms with Gasteiger partial charge in [0.25, 0.3) is 0 Å². The standard InChI is InChI=1S/C13H17ClO/c14-12(15)11-6-13(11)9-2-7-1-8(4-9)5-10(13)3-7/h7-11H,1-6H2. The van der Waals surface area contributed by atoms with Crippen molar-refractivity contribution in [3.63, 3.8) is 0 Å². The van der Waals surface area contributed by atoms with Gasteiger partial charge in [-0.05, 0) is 79.2 Å². The molecule has 5 rings (SSSR count). The molecule has 5 saturated carbocycles. The Morgan fingerprint density at radius 2 is 1.53 bits per heavy atom. The summed E-state index contributed by atoms with van der Waals surface area (Å²) in [5.74, 6) is 3.98. The summed E-state index contributed by atoms with van der Waals surface area (Å²) in [6, 6.07) is 0. The summed E-state index contributed by atoms with van der Waals surface area (Å²) >= 11 is 5.72. The quantitative estimate of drug-likeness (QED) is 0.625. The van der Waals surface area contributed by atoms with E-state index in [2.05, 4.69) is 0 Å². The molecule has 1 atom stereocenters. The van der Waals surface area contributed by atoms with E-state index in [-0.39, 0.29) is 11.2 Å². The lowest BCUT2D eigenvalue weighted by molar-refractivity contribution is -0.117. The van der Waals surface area contributed by atoms with Crippen LogP contribution in [0.25, 0.3) is 0 Å². The Bertz CT molecular complexity index is 307. The van der Waals surface area contributed by atoms with Gasteiger partial charge in [0.15, 0.2) is 0 Å². The second-order valence-corrected chi connectivity index (χ2v) is 6.85. The van der Waals surface area contributed by atoms with Crippen LogP contribution in [0.15, 0.2) is 0 Å². The highest BCUT2D eigenvalue weighted by Crippen LogP contribution is 2.75. The van der Waals surface area contributed by atoms with E-state index in [1.54, 1.807) is 0 Å². The topological polar surface area (TPSA) is 17.1 Å². The molecule has 1 unspecified atom stereocenters. The molecule has 0 aromatic carbocycles. The van der Waals surface area contributed by atoms with Crippen LogP contribution in [0, 0.1) is 35.0 Å². The first kappa shape index (κ1) is 9.04. The van der Waals surface area contributed by atoms with Crippen molar-refractivity contribution in [1.82, 2.24) is 0 Å². The van der Waals surface area contributed by atoms with E-state index in [0.717, 1.165) is 30.1 Å². The van der Waals surface area contributed by atoms with Crippen LogP contribution in [0.4, 0.5) is 0 Å². The van der Waals surface area contributed by atoms with E-state index in [9.17, 15) is 4.79 Å². The lowest BCUT2D eigenvalue weighted by atomic mass is 9.49. The lowest BCUT2D eigenvalue weighted by Crippen LogP contribution is -2.47. The minimum Gasteiger partial charge on any atom is -0.281 e. The SMILES string of the molecule is O=C(Cl)C1CC12C1CC3CC(C1)CC2C3. The molecule has 0 N–H and O–H groups in total. The second kappa shape index (κ2) is 2.61. The number of carbonyl (C=O) groups excluding carboxylic acids is 1. The molecule has 1 nitrogen and oxygen atoms in total. The highest BCUT2D eigenvalue weighted by atomic mass is 35.5. The Morgan fingerprint density at radius 1 is 1.00 bits per heavy atom. The van der Waals surface area contributed by atoms with Gasteiger partial charge in [-0.15, -0.1) is 0 Å². The Morgan fingerprint density at radius 3 is 1.93 bits per heavy atom. The third-order valence-electron chi connectivity index (χ3n) is 5.98. The van der Waals surface area contributed by atoms with Gasteiger partial charge in [-0.2, -0.15) is 0 Å².